The number of thiocarbonyl (C=S) groups is 1. The fourth-order valence-electron chi connectivity index (χ4n) is 1.71. The van der Waals surface area contributed by atoms with Crippen LogP contribution >= 0.6 is 12.2 Å². The van der Waals surface area contributed by atoms with Gasteiger partial charge in [0.1, 0.15) is 0 Å². The fourth-order valence-corrected chi connectivity index (χ4v) is 1.90. The SMILES string of the molecule is Cc1ccc(CNC(=S)Nc2ccccc2)n1C. The molecule has 1 heterocycles. The van der Waals surface area contributed by atoms with Gasteiger partial charge in [0.15, 0.2) is 5.11 Å². The van der Waals surface area contributed by atoms with E-state index < -0.39 is 0 Å². The van der Waals surface area contributed by atoms with Gasteiger partial charge in [-0.2, -0.15) is 0 Å². The lowest BCUT2D eigenvalue weighted by molar-refractivity contribution is 0.764. The molecule has 0 amide bonds. The fraction of sp³-hybridized carbons (Fsp3) is 0.214. The number of nitrogens with one attached hydrogen (secondary N) is 2. The minimum Gasteiger partial charge on any atom is -0.357 e. The van der Waals surface area contributed by atoms with Crippen LogP contribution in [0.1, 0.15) is 11.4 Å². The number of para-hydroxylation sites is 1. The summed E-state index contributed by atoms with van der Waals surface area (Å²) >= 11 is 5.25. The summed E-state index contributed by atoms with van der Waals surface area (Å²) in [6, 6.07) is 14.1. The summed E-state index contributed by atoms with van der Waals surface area (Å²) in [5.41, 5.74) is 3.46. The molecule has 2 rings (SSSR count). The molecule has 0 bridgehead atoms. The molecule has 0 fully saturated rings. The standard InChI is InChI=1S/C14H17N3S/c1-11-8-9-13(17(11)2)10-15-14(18)16-12-6-4-3-5-7-12/h3-9H,10H2,1-2H3,(H2,15,16,18). The summed E-state index contributed by atoms with van der Waals surface area (Å²) in [7, 11) is 2.06. The van der Waals surface area contributed by atoms with Crippen LogP contribution in [0.15, 0.2) is 42.5 Å². The lowest BCUT2D eigenvalue weighted by Gasteiger charge is -2.11. The van der Waals surface area contributed by atoms with Crippen LogP contribution in [-0.2, 0) is 13.6 Å². The van der Waals surface area contributed by atoms with Crippen molar-refractivity contribution in [2.45, 2.75) is 13.5 Å². The van der Waals surface area contributed by atoms with Crippen LogP contribution in [0.2, 0.25) is 0 Å². The van der Waals surface area contributed by atoms with Gasteiger partial charge in [0.25, 0.3) is 0 Å². The van der Waals surface area contributed by atoms with Gasteiger partial charge >= 0.3 is 0 Å². The quantitative estimate of drug-likeness (QED) is 0.831. The summed E-state index contributed by atoms with van der Waals surface area (Å²) in [5, 5.41) is 6.99. The van der Waals surface area contributed by atoms with Crippen LogP contribution in [-0.4, -0.2) is 9.68 Å². The smallest absolute Gasteiger partial charge is 0.171 e. The van der Waals surface area contributed by atoms with Gasteiger partial charge in [-0.3, -0.25) is 0 Å². The molecule has 0 spiro atoms. The van der Waals surface area contributed by atoms with Gasteiger partial charge in [0.2, 0.25) is 0 Å². The Bertz CT molecular complexity index is 531. The third kappa shape index (κ3) is 3.11. The molecular weight excluding hydrogens is 242 g/mol. The minimum atomic E-state index is 0.639. The molecular formula is C14H17N3S. The van der Waals surface area contributed by atoms with E-state index in [4.69, 9.17) is 12.2 Å². The average molecular weight is 259 g/mol. The first kappa shape index (κ1) is 12.6. The highest BCUT2D eigenvalue weighted by Gasteiger charge is 2.02. The van der Waals surface area contributed by atoms with Crippen LogP contribution < -0.4 is 10.6 Å². The van der Waals surface area contributed by atoms with Gasteiger partial charge in [-0.1, -0.05) is 18.2 Å². The average Bonchev–Trinajstić information content (AvgIpc) is 2.69. The molecule has 0 radical (unpaired) electrons. The molecule has 1 aromatic heterocycles. The lowest BCUT2D eigenvalue weighted by atomic mass is 10.3. The number of aryl methyl sites for hydroxylation is 1. The molecule has 4 heteroatoms. The normalized spacial score (nSPS) is 10.1. The van der Waals surface area contributed by atoms with Crippen molar-refractivity contribution < 1.29 is 0 Å². The van der Waals surface area contributed by atoms with Crippen molar-refractivity contribution in [2.24, 2.45) is 7.05 Å². The highest BCUT2D eigenvalue weighted by molar-refractivity contribution is 7.80. The number of anilines is 1. The van der Waals surface area contributed by atoms with Crippen molar-refractivity contribution in [1.82, 2.24) is 9.88 Å². The lowest BCUT2D eigenvalue weighted by Crippen LogP contribution is -2.28. The predicted molar refractivity (Wildman–Crippen MR) is 79.7 cm³/mol. The van der Waals surface area contributed by atoms with E-state index in [0.717, 1.165) is 12.2 Å². The Labute approximate surface area is 113 Å². The van der Waals surface area contributed by atoms with E-state index in [0.29, 0.717) is 5.11 Å². The number of hydrogen-bond acceptors (Lipinski definition) is 1. The number of nitrogens with zero attached hydrogens (tertiary/aromatic N) is 1. The maximum Gasteiger partial charge on any atom is 0.171 e. The zero-order valence-electron chi connectivity index (χ0n) is 10.6. The second-order valence-corrected chi connectivity index (χ2v) is 4.61. The molecule has 0 aliphatic carbocycles. The summed E-state index contributed by atoms with van der Waals surface area (Å²) in [6.07, 6.45) is 0. The Balaban J connectivity index is 1.87. The van der Waals surface area contributed by atoms with Crippen LogP contribution in [0.3, 0.4) is 0 Å². The number of benzene rings is 1. The molecule has 94 valence electrons. The third-order valence-electron chi connectivity index (χ3n) is 2.94. The summed E-state index contributed by atoms with van der Waals surface area (Å²) in [5.74, 6) is 0. The first-order valence-corrected chi connectivity index (χ1v) is 6.29. The summed E-state index contributed by atoms with van der Waals surface area (Å²) in [6.45, 7) is 2.81. The van der Waals surface area contributed by atoms with E-state index >= 15 is 0 Å². The van der Waals surface area contributed by atoms with Gasteiger partial charge in [-0.05, 0) is 43.4 Å². The zero-order chi connectivity index (χ0) is 13.0. The topological polar surface area (TPSA) is 29.0 Å². The predicted octanol–water partition coefficient (Wildman–Crippen LogP) is 2.82. The molecule has 2 aromatic rings. The van der Waals surface area contributed by atoms with E-state index in [9.17, 15) is 0 Å². The van der Waals surface area contributed by atoms with Gasteiger partial charge in [0, 0.05) is 24.1 Å². The molecule has 2 N–H and O–H groups in total. The van der Waals surface area contributed by atoms with Crippen molar-refractivity contribution in [3.05, 3.63) is 53.9 Å². The first-order chi connectivity index (χ1) is 8.66. The Morgan fingerprint density at radius 1 is 1.17 bits per heavy atom. The van der Waals surface area contributed by atoms with E-state index in [-0.39, 0.29) is 0 Å². The summed E-state index contributed by atoms with van der Waals surface area (Å²) in [4.78, 5) is 0. The third-order valence-corrected chi connectivity index (χ3v) is 3.18. The second-order valence-electron chi connectivity index (χ2n) is 4.20. The Morgan fingerprint density at radius 2 is 1.89 bits per heavy atom. The van der Waals surface area contributed by atoms with E-state index in [1.807, 2.05) is 30.3 Å². The second kappa shape index (κ2) is 5.69. The highest BCUT2D eigenvalue weighted by atomic mass is 32.1. The molecule has 18 heavy (non-hydrogen) atoms. The number of rotatable bonds is 3. The van der Waals surface area contributed by atoms with Crippen molar-refractivity contribution in [1.29, 1.82) is 0 Å². The van der Waals surface area contributed by atoms with Crippen molar-refractivity contribution in [2.75, 3.05) is 5.32 Å². The zero-order valence-corrected chi connectivity index (χ0v) is 11.4. The van der Waals surface area contributed by atoms with Gasteiger partial charge in [-0.15, -0.1) is 0 Å². The largest absolute Gasteiger partial charge is 0.357 e. The Kier molecular flexibility index (Phi) is 3.99. The molecule has 0 saturated carbocycles. The molecule has 0 saturated heterocycles. The van der Waals surface area contributed by atoms with Crippen molar-refractivity contribution in [3.8, 4) is 0 Å². The number of hydrogen-bond donors (Lipinski definition) is 2. The highest BCUT2D eigenvalue weighted by Crippen LogP contribution is 2.06. The Morgan fingerprint density at radius 3 is 2.50 bits per heavy atom. The van der Waals surface area contributed by atoms with Crippen LogP contribution in [0.5, 0.6) is 0 Å². The van der Waals surface area contributed by atoms with E-state index in [1.165, 1.54) is 11.4 Å². The van der Waals surface area contributed by atoms with Crippen LogP contribution in [0, 0.1) is 6.92 Å². The van der Waals surface area contributed by atoms with Crippen molar-refractivity contribution in [3.63, 3.8) is 0 Å². The monoisotopic (exact) mass is 259 g/mol. The first-order valence-electron chi connectivity index (χ1n) is 5.88. The molecule has 0 aliphatic rings. The van der Waals surface area contributed by atoms with Crippen LogP contribution in [0.4, 0.5) is 5.69 Å². The molecule has 1 aromatic carbocycles. The molecule has 3 nitrogen and oxygen atoms in total. The molecule has 0 aliphatic heterocycles. The van der Waals surface area contributed by atoms with Gasteiger partial charge < -0.3 is 15.2 Å². The minimum absolute atomic E-state index is 0.639. The molecule has 0 unspecified atom stereocenters. The van der Waals surface area contributed by atoms with Crippen LogP contribution in [0.25, 0.3) is 0 Å². The Hall–Kier alpha value is -1.81. The number of aromatic nitrogens is 1. The summed E-state index contributed by atoms with van der Waals surface area (Å²) < 4.78 is 2.15. The van der Waals surface area contributed by atoms with Gasteiger partial charge in [0.05, 0.1) is 6.54 Å². The maximum absolute atomic E-state index is 5.25. The molecule has 0 atom stereocenters. The van der Waals surface area contributed by atoms with Crippen molar-refractivity contribution >= 4 is 23.0 Å². The van der Waals surface area contributed by atoms with E-state index in [1.54, 1.807) is 0 Å². The van der Waals surface area contributed by atoms with Gasteiger partial charge in [-0.25, -0.2) is 0 Å². The maximum atomic E-state index is 5.25. The van der Waals surface area contributed by atoms with E-state index in [2.05, 4.69) is 41.3 Å².